The predicted octanol–water partition coefficient (Wildman–Crippen LogP) is 7.67. The second-order valence-corrected chi connectivity index (χ2v) is 8.04. The summed E-state index contributed by atoms with van der Waals surface area (Å²) in [5.41, 5.74) is 1.98. The molecule has 1 unspecified atom stereocenters. The Morgan fingerprint density at radius 2 is 1.64 bits per heavy atom. The van der Waals surface area contributed by atoms with Gasteiger partial charge in [-0.15, -0.1) is 0 Å². The minimum absolute atomic E-state index is 0.128. The minimum atomic E-state index is -0.658. The van der Waals surface area contributed by atoms with E-state index in [4.69, 9.17) is 0 Å². The predicted molar refractivity (Wildman–Crippen MR) is 162 cm³/mol. The molecule has 2 aromatic rings. The van der Waals surface area contributed by atoms with Gasteiger partial charge >= 0.3 is 0 Å². The first-order valence-corrected chi connectivity index (χ1v) is 12.7. The summed E-state index contributed by atoms with van der Waals surface area (Å²) in [6, 6.07) is 11.6. The first kappa shape index (κ1) is 32.5. The number of benzene rings is 2. The molecule has 0 radical (unpaired) electrons. The lowest BCUT2D eigenvalue weighted by molar-refractivity contribution is -0.393. The van der Waals surface area contributed by atoms with Crippen LogP contribution in [0, 0.1) is 20.2 Å². The molecule has 1 aliphatic rings. The van der Waals surface area contributed by atoms with Crippen molar-refractivity contribution >= 4 is 34.7 Å². The summed E-state index contributed by atoms with van der Waals surface area (Å²) >= 11 is 0. The number of hydrogen-bond donors (Lipinski definition) is 3. The molecule has 208 valence electrons. The number of allylic oxidation sites excluding steroid dienone is 6. The quantitative estimate of drug-likeness (QED) is 0.171. The standard InChI is InChI=1S/C18H15N5O4.C9H17N.C2H6/c24-22(25)17-11-18(23(26)27)16(21-14-8-4-5-9-19-12-14)10-15(17)20-13-6-2-1-3-7-13;1-5-8(2)6-7-9(3)10-4;1-2/h1-3,5-12,20-21H,4H2;5-7,9-10H,1-4H3;1-2H3/b;7-6-,8-5-;. The van der Waals surface area contributed by atoms with E-state index in [9.17, 15) is 20.2 Å². The van der Waals surface area contributed by atoms with Gasteiger partial charge in [0.15, 0.2) is 0 Å². The monoisotopic (exact) mass is 534 g/mol. The maximum atomic E-state index is 11.4. The van der Waals surface area contributed by atoms with Crippen molar-refractivity contribution in [3.8, 4) is 0 Å². The van der Waals surface area contributed by atoms with Gasteiger partial charge in [0.1, 0.15) is 11.4 Å². The molecule has 0 aromatic heterocycles. The van der Waals surface area contributed by atoms with Crippen LogP contribution < -0.4 is 16.0 Å². The van der Waals surface area contributed by atoms with Crippen molar-refractivity contribution in [2.75, 3.05) is 17.7 Å². The van der Waals surface area contributed by atoms with E-state index >= 15 is 0 Å². The largest absolute Gasteiger partial charge is 0.350 e. The van der Waals surface area contributed by atoms with E-state index in [0.717, 1.165) is 6.07 Å². The molecule has 0 spiro atoms. The molecule has 3 rings (SSSR count). The molecule has 39 heavy (non-hydrogen) atoms. The normalized spacial score (nSPS) is 13.2. The molecule has 0 aliphatic carbocycles. The maximum Gasteiger partial charge on any atom is 0.299 e. The lowest BCUT2D eigenvalue weighted by Crippen LogP contribution is -2.17. The summed E-state index contributed by atoms with van der Waals surface area (Å²) in [6.07, 6.45) is 13.8. The summed E-state index contributed by atoms with van der Waals surface area (Å²) in [5, 5.41) is 31.8. The Hall–Kier alpha value is -4.57. The Labute approximate surface area is 230 Å². The highest BCUT2D eigenvalue weighted by Gasteiger charge is 2.25. The van der Waals surface area contributed by atoms with Crippen molar-refractivity contribution in [2.45, 2.75) is 47.1 Å². The Morgan fingerprint density at radius 3 is 2.21 bits per heavy atom. The Bertz CT molecular complexity index is 1230. The molecule has 0 saturated carbocycles. The fraction of sp³-hybridized carbons (Fsp3) is 0.276. The Kier molecular flexibility index (Phi) is 14.8. The molecule has 2 aromatic carbocycles. The highest BCUT2D eigenvalue weighted by atomic mass is 16.6. The molecular formula is C29H38N6O4. The summed E-state index contributed by atoms with van der Waals surface area (Å²) in [7, 11) is 1.96. The van der Waals surface area contributed by atoms with Crippen LogP contribution in [-0.2, 0) is 0 Å². The van der Waals surface area contributed by atoms with E-state index in [1.165, 1.54) is 17.9 Å². The molecule has 10 nitrogen and oxygen atoms in total. The number of anilines is 3. The molecule has 0 fully saturated rings. The molecule has 0 bridgehead atoms. The van der Waals surface area contributed by atoms with Crippen LogP contribution in [0.3, 0.4) is 0 Å². The van der Waals surface area contributed by atoms with Crippen LogP contribution >= 0.6 is 0 Å². The van der Waals surface area contributed by atoms with Gasteiger partial charge in [-0.25, -0.2) is 0 Å². The van der Waals surface area contributed by atoms with Crippen LogP contribution in [0.2, 0.25) is 0 Å². The van der Waals surface area contributed by atoms with Crippen LogP contribution in [0.4, 0.5) is 28.4 Å². The number of nitrogens with zero attached hydrogens (tertiary/aromatic N) is 3. The first-order valence-electron chi connectivity index (χ1n) is 12.7. The van der Waals surface area contributed by atoms with Gasteiger partial charge in [0.2, 0.25) is 0 Å². The number of para-hydroxylation sites is 1. The number of hydrogen-bond acceptors (Lipinski definition) is 8. The highest BCUT2D eigenvalue weighted by molar-refractivity contribution is 5.88. The van der Waals surface area contributed by atoms with Crippen molar-refractivity contribution in [1.82, 2.24) is 5.32 Å². The Morgan fingerprint density at radius 1 is 1.03 bits per heavy atom. The summed E-state index contributed by atoms with van der Waals surface area (Å²) in [6.45, 7) is 10.3. The third-order valence-electron chi connectivity index (χ3n) is 5.28. The number of aliphatic imine (C=N–C) groups is 1. The second-order valence-electron chi connectivity index (χ2n) is 8.04. The number of nitro groups is 2. The van der Waals surface area contributed by atoms with Gasteiger partial charge in [0, 0.05) is 24.1 Å². The van der Waals surface area contributed by atoms with Crippen molar-refractivity contribution in [3.05, 3.63) is 111 Å². The molecule has 10 heteroatoms. The number of rotatable bonds is 9. The van der Waals surface area contributed by atoms with Gasteiger partial charge in [0.25, 0.3) is 11.4 Å². The van der Waals surface area contributed by atoms with Crippen LogP contribution in [0.1, 0.15) is 41.0 Å². The van der Waals surface area contributed by atoms with Gasteiger partial charge < -0.3 is 16.0 Å². The van der Waals surface area contributed by atoms with Crippen molar-refractivity contribution < 1.29 is 9.85 Å². The molecule has 1 aliphatic heterocycles. The van der Waals surface area contributed by atoms with Gasteiger partial charge in [-0.05, 0) is 52.4 Å². The fourth-order valence-electron chi connectivity index (χ4n) is 2.98. The molecule has 1 heterocycles. The zero-order chi connectivity index (χ0) is 29.2. The third-order valence-corrected chi connectivity index (χ3v) is 5.28. The molecule has 0 amide bonds. The average molecular weight is 535 g/mol. The topological polar surface area (TPSA) is 135 Å². The number of nitro benzene ring substituents is 2. The lowest BCUT2D eigenvalue weighted by Gasteiger charge is -2.12. The van der Waals surface area contributed by atoms with E-state index in [1.807, 2.05) is 46.0 Å². The lowest BCUT2D eigenvalue weighted by atomic mass is 10.2. The van der Waals surface area contributed by atoms with E-state index in [-0.39, 0.29) is 17.1 Å². The van der Waals surface area contributed by atoms with Crippen LogP contribution in [0.5, 0.6) is 0 Å². The Balaban J connectivity index is 0.000000537. The maximum absolute atomic E-state index is 11.4. The minimum Gasteiger partial charge on any atom is -0.350 e. The number of likely N-dealkylation sites (N-methyl/N-ethyl adjacent to an activating group) is 1. The van der Waals surface area contributed by atoms with Crippen molar-refractivity contribution in [2.24, 2.45) is 4.99 Å². The van der Waals surface area contributed by atoms with Gasteiger partial charge in [-0.1, -0.05) is 68.0 Å². The first-order chi connectivity index (χ1) is 18.7. The zero-order valence-corrected chi connectivity index (χ0v) is 23.3. The van der Waals surface area contributed by atoms with E-state index in [2.05, 4.69) is 53.0 Å². The second kappa shape index (κ2) is 17.8. The van der Waals surface area contributed by atoms with Crippen molar-refractivity contribution in [3.63, 3.8) is 0 Å². The number of nitrogens with one attached hydrogen (secondary N) is 3. The van der Waals surface area contributed by atoms with E-state index in [0.29, 0.717) is 23.8 Å². The third kappa shape index (κ3) is 11.6. The SMILES string of the molecule is C/C=C(C)\C=C/C(C)NC.CC.O=[N+]([O-])c1cc([N+](=O)[O-])c(Nc2ccccc2)cc1NC1=CCC=CN=C1. The van der Waals surface area contributed by atoms with Gasteiger partial charge in [-0.2, -0.15) is 0 Å². The summed E-state index contributed by atoms with van der Waals surface area (Å²) in [4.78, 5) is 25.6. The smallest absolute Gasteiger partial charge is 0.299 e. The van der Waals surface area contributed by atoms with Gasteiger partial charge in [0.05, 0.1) is 21.6 Å². The zero-order valence-electron chi connectivity index (χ0n) is 23.3. The van der Waals surface area contributed by atoms with E-state index in [1.54, 1.807) is 30.5 Å². The average Bonchev–Trinajstić information content (AvgIpc) is 3.22. The van der Waals surface area contributed by atoms with Crippen molar-refractivity contribution in [1.29, 1.82) is 0 Å². The molecule has 3 N–H and O–H groups in total. The highest BCUT2D eigenvalue weighted by Crippen LogP contribution is 2.38. The summed E-state index contributed by atoms with van der Waals surface area (Å²) in [5.74, 6) is 0. The summed E-state index contributed by atoms with van der Waals surface area (Å²) < 4.78 is 0. The van der Waals surface area contributed by atoms with Gasteiger partial charge in [-0.3, -0.25) is 25.2 Å². The fourth-order valence-corrected chi connectivity index (χ4v) is 2.98. The van der Waals surface area contributed by atoms with Crippen LogP contribution in [0.25, 0.3) is 0 Å². The van der Waals surface area contributed by atoms with Crippen LogP contribution in [-0.4, -0.2) is 29.2 Å². The molecule has 1 atom stereocenters. The molecular weight excluding hydrogens is 496 g/mol. The molecule has 0 saturated heterocycles. The van der Waals surface area contributed by atoms with Crippen LogP contribution in [0.15, 0.2) is 95.3 Å². The van der Waals surface area contributed by atoms with E-state index < -0.39 is 15.5 Å².